The molecular weight excluding hydrogens is 510 g/mol. The number of likely N-dealkylation sites (tertiary alicyclic amines) is 2. The fourth-order valence-electron chi connectivity index (χ4n) is 5.81. The first-order valence-corrected chi connectivity index (χ1v) is 13.3. The van der Waals surface area contributed by atoms with E-state index >= 15 is 0 Å². The maximum atomic E-state index is 14.8. The number of benzene rings is 2. The van der Waals surface area contributed by atoms with Crippen LogP contribution in [0.3, 0.4) is 0 Å². The molecule has 2 fully saturated rings. The van der Waals surface area contributed by atoms with E-state index in [-0.39, 0.29) is 23.3 Å². The molecule has 39 heavy (non-hydrogen) atoms. The largest absolute Gasteiger partial charge is 0.342 e. The van der Waals surface area contributed by atoms with Crippen LogP contribution < -0.4 is 0 Å². The standard InChI is InChI=1S/C29H33F4N5O/c1-17-34-27(38(35-17)20-6-8-24(31)26(33)14-20)18-9-11-36(12-10-18)28(39)23-16-37(29(2,3)4)15-22(23)21-7-5-19(30)13-25(21)32/h5-8,13-14,18,22-23H,9-12,15-16H2,1-4H3/t22-,23+/m0/s1. The highest BCUT2D eigenvalue weighted by atomic mass is 19.2. The van der Waals surface area contributed by atoms with Crippen molar-refractivity contribution in [2.45, 2.75) is 57.9 Å². The number of nitrogens with zero attached hydrogens (tertiary/aromatic N) is 5. The van der Waals surface area contributed by atoms with Gasteiger partial charge in [0.1, 0.15) is 23.3 Å². The third kappa shape index (κ3) is 5.44. The molecule has 0 radical (unpaired) electrons. The van der Waals surface area contributed by atoms with E-state index in [2.05, 4.69) is 35.8 Å². The summed E-state index contributed by atoms with van der Waals surface area (Å²) in [6.07, 6.45) is 1.25. The van der Waals surface area contributed by atoms with Crippen molar-refractivity contribution in [3.8, 4) is 5.69 Å². The minimum absolute atomic E-state index is 0.0247. The fourth-order valence-corrected chi connectivity index (χ4v) is 5.81. The molecule has 2 aliphatic heterocycles. The molecule has 6 nitrogen and oxygen atoms in total. The summed E-state index contributed by atoms with van der Waals surface area (Å²) in [7, 11) is 0. The average molecular weight is 544 g/mol. The number of aromatic nitrogens is 3. The highest BCUT2D eigenvalue weighted by Crippen LogP contribution is 2.39. The Morgan fingerprint density at radius 3 is 2.28 bits per heavy atom. The molecule has 2 saturated heterocycles. The first-order chi connectivity index (χ1) is 18.4. The van der Waals surface area contributed by atoms with Gasteiger partial charge in [-0.2, -0.15) is 5.10 Å². The zero-order chi connectivity index (χ0) is 28.1. The summed E-state index contributed by atoms with van der Waals surface area (Å²) in [4.78, 5) is 22.4. The maximum Gasteiger partial charge on any atom is 0.227 e. The molecule has 0 spiro atoms. The van der Waals surface area contributed by atoms with Gasteiger partial charge in [0.25, 0.3) is 0 Å². The number of hydrogen-bond donors (Lipinski definition) is 0. The number of rotatable bonds is 4. The van der Waals surface area contributed by atoms with Crippen LogP contribution in [-0.4, -0.2) is 62.2 Å². The van der Waals surface area contributed by atoms with Gasteiger partial charge in [-0.15, -0.1) is 0 Å². The van der Waals surface area contributed by atoms with E-state index in [4.69, 9.17) is 0 Å². The van der Waals surface area contributed by atoms with E-state index in [0.717, 1.165) is 18.2 Å². The molecule has 0 bridgehead atoms. The first-order valence-electron chi connectivity index (χ1n) is 13.3. The van der Waals surface area contributed by atoms with Crippen LogP contribution in [0.1, 0.15) is 62.7 Å². The number of hydrogen-bond acceptors (Lipinski definition) is 4. The molecule has 2 atom stereocenters. The van der Waals surface area contributed by atoms with Crippen molar-refractivity contribution in [1.82, 2.24) is 24.6 Å². The summed E-state index contributed by atoms with van der Waals surface area (Å²) in [5, 5.41) is 4.40. The summed E-state index contributed by atoms with van der Waals surface area (Å²) in [6.45, 7) is 9.91. The van der Waals surface area contributed by atoms with Gasteiger partial charge in [-0.05, 0) is 64.3 Å². The molecule has 0 saturated carbocycles. The number of piperidine rings is 1. The van der Waals surface area contributed by atoms with Crippen LogP contribution in [0.5, 0.6) is 0 Å². The molecule has 2 aliphatic rings. The SMILES string of the molecule is Cc1nc(C2CCN(C(=O)[C@@H]3CN(C(C)(C)C)C[C@H]3c3ccc(F)cc3F)CC2)n(-c2ccc(F)c(F)c2)n1. The normalized spacial score (nSPS) is 21.1. The third-order valence-corrected chi connectivity index (χ3v) is 8.01. The molecule has 3 aromatic rings. The van der Waals surface area contributed by atoms with Gasteiger partial charge in [0.15, 0.2) is 11.6 Å². The third-order valence-electron chi connectivity index (χ3n) is 8.01. The van der Waals surface area contributed by atoms with E-state index in [9.17, 15) is 22.4 Å². The van der Waals surface area contributed by atoms with Gasteiger partial charge in [-0.1, -0.05) is 6.07 Å². The monoisotopic (exact) mass is 543 g/mol. The van der Waals surface area contributed by atoms with Crippen LogP contribution in [0, 0.1) is 36.1 Å². The van der Waals surface area contributed by atoms with E-state index in [0.29, 0.717) is 61.9 Å². The molecule has 2 aromatic carbocycles. The molecular formula is C29H33F4N5O. The molecule has 5 rings (SSSR count). The Morgan fingerprint density at radius 2 is 1.64 bits per heavy atom. The Bertz CT molecular complexity index is 1380. The number of halogens is 4. The van der Waals surface area contributed by atoms with Crippen LogP contribution in [-0.2, 0) is 4.79 Å². The topological polar surface area (TPSA) is 54.3 Å². The van der Waals surface area contributed by atoms with Crippen LogP contribution in [0.15, 0.2) is 36.4 Å². The van der Waals surface area contributed by atoms with Gasteiger partial charge >= 0.3 is 0 Å². The minimum Gasteiger partial charge on any atom is -0.342 e. The predicted molar refractivity (Wildman–Crippen MR) is 138 cm³/mol. The highest BCUT2D eigenvalue weighted by Gasteiger charge is 2.45. The Balaban J connectivity index is 1.34. The van der Waals surface area contributed by atoms with Gasteiger partial charge in [0.05, 0.1) is 11.6 Å². The van der Waals surface area contributed by atoms with Crippen LogP contribution in [0.2, 0.25) is 0 Å². The molecule has 0 N–H and O–H groups in total. The van der Waals surface area contributed by atoms with Crippen molar-refractivity contribution >= 4 is 5.91 Å². The fraction of sp³-hybridized carbons (Fsp3) is 0.483. The summed E-state index contributed by atoms with van der Waals surface area (Å²) < 4.78 is 57.4. The molecule has 1 aromatic heterocycles. The predicted octanol–water partition coefficient (Wildman–Crippen LogP) is 5.35. The lowest BCUT2D eigenvalue weighted by Crippen LogP contribution is -2.44. The lowest BCUT2D eigenvalue weighted by Gasteiger charge is -2.35. The van der Waals surface area contributed by atoms with Crippen molar-refractivity contribution in [3.05, 3.63) is 76.9 Å². The van der Waals surface area contributed by atoms with Crippen LogP contribution >= 0.6 is 0 Å². The summed E-state index contributed by atoms with van der Waals surface area (Å²) in [5.41, 5.74) is 0.547. The number of aryl methyl sites for hydroxylation is 1. The Hall–Kier alpha value is -3.27. The average Bonchev–Trinajstić information content (AvgIpc) is 3.50. The zero-order valence-electron chi connectivity index (χ0n) is 22.6. The van der Waals surface area contributed by atoms with Crippen molar-refractivity contribution in [2.24, 2.45) is 5.92 Å². The highest BCUT2D eigenvalue weighted by molar-refractivity contribution is 5.81. The second-order valence-corrected chi connectivity index (χ2v) is 11.6. The first kappa shape index (κ1) is 27.3. The lowest BCUT2D eigenvalue weighted by molar-refractivity contribution is -0.136. The molecule has 0 aliphatic carbocycles. The van der Waals surface area contributed by atoms with Crippen molar-refractivity contribution in [1.29, 1.82) is 0 Å². The molecule has 0 unspecified atom stereocenters. The zero-order valence-corrected chi connectivity index (χ0v) is 22.6. The quantitative estimate of drug-likeness (QED) is 0.417. The number of amides is 1. The number of carbonyl (C=O) groups is 1. The van der Waals surface area contributed by atoms with Gasteiger partial charge in [0, 0.05) is 55.7 Å². The lowest BCUT2D eigenvalue weighted by atomic mass is 9.86. The molecule has 1 amide bonds. The van der Waals surface area contributed by atoms with Gasteiger partial charge < -0.3 is 4.90 Å². The van der Waals surface area contributed by atoms with E-state index in [1.54, 1.807) is 11.6 Å². The van der Waals surface area contributed by atoms with E-state index < -0.39 is 29.2 Å². The van der Waals surface area contributed by atoms with Crippen molar-refractivity contribution in [3.63, 3.8) is 0 Å². The van der Waals surface area contributed by atoms with E-state index in [1.807, 2.05) is 4.90 Å². The summed E-state index contributed by atoms with van der Waals surface area (Å²) in [6, 6.07) is 7.21. The Kier molecular flexibility index (Phi) is 7.26. The number of carbonyl (C=O) groups excluding carboxylic acids is 1. The Morgan fingerprint density at radius 1 is 0.923 bits per heavy atom. The van der Waals surface area contributed by atoms with Crippen molar-refractivity contribution < 1.29 is 22.4 Å². The summed E-state index contributed by atoms with van der Waals surface area (Å²) in [5.74, 6) is -2.88. The molecule has 3 heterocycles. The van der Waals surface area contributed by atoms with Gasteiger partial charge in [-0.3, -0.25) is 9.69 Å². The minimum atomic E-state index is -0.958. The second-order valence-electron chi connectivity index (χ2n) is 11.6. The van der Waals surface area contributed by atoms with E-state index in [1.165, 1.54) is 18.2 Å². The smallest absolute Gasteiger partial charge is 0.227 e. The molecule has 10 heteroatoms. The van der Waals surface area contributed by atoms with Gasteiger partial charge in [-0.25, -0.2) is 27.2 Å². The van der Waals surface area contributed by atoms with Gasteiger partial charge in [0.2, 0.25) is 5.91 Å². The summed E-state index contributed by atoms with van der Waals surface area (Å²) >= 11 is 0. The van der Waals surface area contributed by atoms with Crippen LogP contribution in [0.25, 0.3) is 5.69 Å². The second kappa shape index (κ2) is 10.4. The Labute approximate surface area is 225 Å². The maximum absolute atomic E-state index is 14.8. The van der Waals surface area contributed by atoms with Crippen molar-refractivity contribution in [2.75, 3.05) is 26.2 Å². The van der Waals surface area contributed by atoms with Crippen LogP contribution in [0.4, 0.5) is 17.6 Å². The molecule has 208 valence electrons.